The third kappa shape index (κ3) is 4.31. The first-order valence-electron chi connectivity index (χ1n) is 6.36. The van der Waals surface area contributed by atoms with Crippen LogP contribution in [0.25, 0.3) is 0 Å². The molecule has 0 saturated carbocycles. The topological polar surface area (TPSA) is 41.5 Å². The smallest absolute Gasteiger partial charge is 0.240 e. The van der Waals surface area contributed by atoms with E-state index in [0.29, 0.717) is 18.4 Å². The van der Waals surface area contributed by atoms with Crippen molar-refractivity contribution in [2.45, 2.75) is 12.8 Å². The van der Waals surface area contributed by atoms with Crippen LogP contribution in [0.3, 0.4) is 0 Å². The first-order valence-corrected chi connectivity index (χ1v) is 6.36. The van der Waals surface area contributed by atoms with Crippen molar-refractivity contribution < 1.29 is 9.18 Å². The first kappa shape index (κ1) is 13.9. The predicted molar refractivity (Wildman–Crippen MR) is 76.9 cm³/mol. The molecule has 0 bridgehead atoms. The molecule has 3 nitrogen and oxygen atoms in total. The van der Waals surface area contributed by atoms with Gasteiger partial charge in [-0.3, -0.25) is 4.79 Å². The van der Waals surface area contributed by atoms with Crippen LogP contribution >= 0.6 is 0 Å². The average Bonchev–Trinajstić information content (AvgIpc) is 2.48. The fraction of sp³-hybridized carbons (Fsp3) is 0.125. The number of nitrogens with zero attached hydrogens (tertiary/aromatic N) is 1. The van der Waals surface area contributed by atoms with Crippen LogP contribution in [0.15, 0.2) is 59.7 Å². The van der Waals surface area contributed by atoms with Gasteiger partial charge < -0.3 is 0 Å². The van der Waals surface area contributed by atoms with Crippen LogP contribution in [0, 0.1) is 5.82 Å². The molecule has 2 aromatic carbocycles. The van der Waals surface area contributed by atoms with Gasteiger partial charge in [0.25, 0.3) is 0 Å². The molecule has 2 aromatic rings. The molecule has 1 amide bonds. The summed E-state index contributed by atoms with van der Waals surface area (Å²) in [6.45, 7) is 0. The van der Waals surface area contributed by atoms with Crippen molar-refractivity contribution in [1.29, 1.82) is 0 Å². The number of hydrazone groups is 1. The Bertz CT molecular complexity index is 596. The number of nitrogens with one attached hydrogen (secondary N) is 1. The van der Waals surface area contributed by atoms with Crippen LogP contribution in [-0.4, -0.2) is 12.1 Å². The van der Waals surface area contributed by atoms with E-state index in [9.17, 15) is 9.18 Å². The Morgan fingerprint density at radius 3 is 2.55 bits per heavy atom. The zero-order chi connectivity index (χ0) is 14.2. The number of carbonyl (C=O) groups is 1. The Morgan fingerprint density at radius 1 is 1.10 bits per heavy atom. The highest BCUT2D eigenvalue weighted by molar-refractivity contribution is 5.82. The van der Waals surface area contributed by atoms with E-state index in [0.717, 1.165) is 5.56 Å². The lowest BCUT2D eigenvalue weighted by atomic mass is 10.1. The minimum Gasteiger partial charge on any atom is -0.273 e. The Morgan fingerprint density at radius 2 is 1.80 bits per heavy atom. The second-order valence-electron chi connectivity index (χ2n) is 4.30. The monoisotopic (exact) mass is 270 g/mol. The van der Waals surface area contributed by atoms with E-state index in [2.05, 4.69) is 10.5 Å². The van der Waals surface area contributed by atoms with Crippen LogP contribution < -0.4 is 5.43 Å². The Kier molecular flexibility index (Phi) is 5.00. The van der Waals surface area contributed by atoms with Gasteiger partial charge in [0.1, 0.15) is 5.82 Å². The minimum atomic E-state index is -0.366. The summed E-state index contributed by atoms with van der Waals surface area (Å²) in [7, 11) is 0. The molecule has 0 aliphatic rings. The van der Waals surface area contributed by atoms with E-state index in [-0.39, 0.29) is 11.7 Å². The molecular weight excluding hydrogens is 255 g/mol. The van der Waals surface area contributed by atoms with Gasteiger partial charge in [-0.2, -0.15) is 5.10 Å². The summed E-state index contributed by atoms with van der Waals surface area (Å²) in [4.78, 5) is 11.6. The maximum Gasteiger partial charge on any atom is 0.240 e. The van der Waals surface area contributed by atoms with E-state index in [1.165, 1.54) is 12.3 Å². The zero-order valence-electron chi connectivity index (χ0n) is 10.9. The second kappa shape index (κ2) is 7.19. The van der Waals surface area contributed by atoms with Crippen molar-refractivity contribution >= 4 is 12.1 Å². The zero-order valence-corrected chi connectivity index (χ0v) is 10.9. The predicted octanol–water partition coefficient (Wildman–Crippen LogP) is 2.91. The lowest BCUT2D eigenvalue weighted by Crippen LogP contribution is -2.18. The quantitative estimate of drug-likeness (QED) is 0.658. The van der Waals surface area contributed by atoms with Crippen molar-refractivity contribution in [3.8, 4) is 0 Å². The maximum atomic E-state index is 13.3. The standard InChI is InChI=1S/C16H15FN2O/c17-15-9-5-4-8-14(15)12-18-19-16(20)11-10-13-6-2-1-3-7-13/h1-9,12H,10-11H2,(H,19,20)/b18-12+. The van der Waals surface area contributed by atoms with Gasteiger partial charge in [-0.1, -0.05) is 48.5 Å². The molecule has 0 heterocycles. The van der Waals surface area contributed by atoms with E-state index in [1.807, 2.05) is 30.3 Å². The van der Waals surface area contributed by atoms with Crippen molar-refractivity contribution in [1.82, 2.24) is 5.43 Å². The molecule has 0 aliphatic heterocycles. The van der Waals surface area contributed by atoms with Crippen molar-refractivity contribution in [3.63, 3.8) is 0 Å². The molecule has 20 heavy (non-hydrogen) atoms. The molecular formula is C16H15FN2O. The average molecular weight is 270 g/mol. The van der Waals surface area contributed by atoms with Crippen LogP contribution in [0.5, 0.6) is 0 Å². The van der Waals surface area contributed by atoms with Gasteiger partial charge in [-0.05, 0) is 18.1 Å². The van der Waals surface area contributed by atoms with Gasteiger partial charge in [0.2, 0.25) is 5.91 Å². The molecule has 0 atom stereocenters. The molecule has 102 valence electrons. The van der Waals surface area contributed by atoms with Crippen molar-refractivity contribution in [2.75, 3.05) is 0 Å². The van der Waals surface area contributed by atoms with Crippen LogP contribution in [0.1, 0.15) is 17.5 Å². The summed E-state index contributed by atoms with van der Waals surface area (Å²) in [5, 5.41) is 3.75. The fourth-order valence-corrected chi connectivity index (χ4v) is 1.71. The Balaban J connectivity index is 1.79. The van der Waals surface area contributed by atoms with Crippen molar-refractivity contribution in [2.24, 2.45) is 5.10 Å². The van der Waals surface area contributed by atoms with Crippen LogP contribution in [-0.2, 0) is 11.2 Å². The summed E-state index contributed by atoms with van der Waals surface area (Å²) in [5.74, 6) is -0.559. The maximum absolute atomic E-state index is 13.3. The number of hydrogen-bond acceptors (Lipinski definition) is 2. The van der Waals surface area contributed by atoms with Crippen LogP contribution in [0.2, 0.25) is 0 Å². The van der Waals surface area contributed by atoms with Crippen LogP contribution in [0.4, 0.5) is 4.39 Å². The molecule has 1 N–H and O–H groups in total. The fourth-order valence-electron chi connectivity index (χ4n) is 1.71. The summed E-state index contributed by atoms with van der Waals surface area (Å²) in [5.41, 5.74) is 3.83. The number of benzene rings is 2. The lowest BCUT2D eigenvalue weighted by Gasteiger charge is -2.00. The van der Waals surface area contributed by atoms with Gasteiger partial charge in [0, 0.05) is 12.0 Å². The van der Waals surface area contributed by atoms with E-state index < -0.39 is 0 Å². The molecule has 0 radical (unpaired) electrons. The largest absolute Gasteiger partial charge is 0.273 e. The number of hydrogen-bond donors (Lipinski definition) is 1. The normalized spacial score (nSPS) is 10.7. The molecule has 0 spiro atoms. The number of halogens is 1. The Labute approximate surface area is 117 Å². The highest BCUT2D eigenvalue weighted by Crippen LogP contribution is 2.03. The molecule has 0 unspecified atom stereocenters. The van der Waals surface area contributed by atoms with E-state index >= 15 is 0 Å². The highest BCUT2D eigenvalue weighted by atomic mass is 19.1. The third-order valence-electron chi connectivity index (χ3n) is 2.78. The van der Waals surface area contributed by atoms with E-state index in [1.54, 1.807) is 18.2 Å². The van der Waals surface area contributed by atoms with Gasteiger partial charge in [-0.25, -0.2) is 9.82 Å². The van der Waals surface area contributed by atoms with Gasteiger partial charge in [-0.15, -0.1) is 0 Å². The third-order valence-corrected chi connectivity index (χ3v) is 2.78. The molecule has 0 aliphatic carbocycles. The number of rotatable bonds is 5. The van der Waals surface area contributed by atoms with Gasteiger partial charge in [0.05, 0.1) is 6.21 Å². The van der Waals surface area contributed by atoms with Gasteiger partial charge >= 0.3 is 0 Å². The minimum absolute atomic E-state index is 0.193. The summed E-state index contributed by atoms with van der Waals surface area (Å²) >= 11 is 0. The Hall–Kier alpha value is -2.49. The van der Waals surface area contributed by atoms with E-state index in [4.69, 9.17) is 0 Å². The lowest BCUT2D eigenvalue weighted by molar-refractivity contribution is -0.121. The highest BCUT2D eigenvalue weighted by Gasteiger charge is 2.01. The summed E-state index contributed by atoms with van der Waals surface area (Å²) < 4.78 is 13.3. The molecule has 2 rings (SSSR count). The van der Waals surface area contributed by atoms with Crippen molar-refractivity contribution in [3.05, 3.63) is 71.5 Å². The number of amides is 1. The molecule has 0 fully saturated rings. The SMILES string of the molecule is O=C(CCc1ccccc1)N/N=C/c1ccccc1F. The molecule has 0 aromatic heterocycles. The molecule has 4 heteroatoms. The summed E-state index contributed by atoms with van der Waals surface area (Å²) in [6.07, 6.45) is 2.30. The van der Waals surface area contributed by atoms with Gasteiger partial charge in [0.15, 0.2) is 0 Å². The number of aryl methyl sites for hydroxylation is 1. The summed E-state index contributed by atoms with van der Waals surface area (Å²) in [6, 6.07) is 16.0. The first-order chi connectivity index (χ1) is 9.75. The second-order valence-corrected chi connectivity index (χ2v) is 4.30. The molecule has 0 saturated heterocycles. The number of carbonyl (C=O) groups excluding carboxylic acids is 1.